The Labute approximate surface area is 136 Å². The second-order valence-electron chi connectivity index (χ2n) is 6.27. The molecule has 0 unspecified atom stereocenters. The summed E-state index contributed by atoms with van der Waals surface area (Å²) >= 11 is 0. The van der Waals surface area contributed by atoms with E-state index in [1.807, 2.05) is 47.4 Å². The molecular weight excluding hydrogens is 290 g/mol. The van der Waals surface area contributed by atoms with Gasteiger partial charge in [0.1, 0.15) is 0 Å². The first-order valence-electron chi connectivity index (χ1n) is 8.33. The van der Waals surface area contributed by atoms with E-state index in [4.69, 9.17) is 9.47 Å². The largest absolute Gasteiger partial charge is 0.350 e. The molecule has 0 aromatic heterocycles. The summed E-state index contributed by atoms with van der Waals surface area (Å²) in [5, 5.41) is 2.14. The Balaban J connectivity index is 1.49. The molecule has 4 heteroatoms. The highest BCUT2D eigenvalue weighted by Crippen LogP contribution is 2.27. The van der Waals surface area contributed by atoms with Crippen LogP contribution in [0.4, 0.5) is 0 Å². The van der Waals surface area contributed by atoms with E-state index in [0.29, 0.717) is 19.1 Å². The van der Waals surface area contributed by atoms with E-state index in [1.165, 1.54) is 0 Å². The molecule has 2 fully saturated rings. The minimum Gasteiger partial charge on any atom is -0.350 e. The fraction of sp³-hybridized carbons (Fsp3) is 0.421. The molecule has 4 rings (SSSR count). The van der Waals surface area contributed by atoms with Gasteiger partial charge in [-0.05, 0) is 29.7 Å². The number of amides is 1. The monoisotopic (exact) mass is 311 g/mol. The molecule has 0 aliphatic carbocycles. The molecule has 2 aliphatic heterocycles. The highest BCUT2D eigenvalue weighted by Gasteiger charge is 2.32. The molecular formula is C19H21NO3. The standard InChI is InChI=1S/C19H21NO3/c21-18(17-7-3-5-14-4-1-2-6-16(14)17)20-10-8-15(9-11-20)19-22-12-13-23-19/h1-7,15,19H,8-13H2. The lowest BCUT2D eigenvalue weighted by Gasteiger charge is -2.34. The van der Waals surface area contributed by atoms with Gasteiger partial charge in [-0.3, -0.25) is 4.79 Å². The minimum atomic E-state index is -0.0650. The number of ether oxygens (including phenoxy) is 2. The van der Waals surface area contributed by atoms with Gasteiger partial charge in [-0.2, -0.15) is 0 Å². The molecule has 2 saturated heterocycles. The maximum absolute atomic E-state index is 12.9. The van der Waals surface area contributed by atoms with Gasteiger partial charge in [0.05, 0.1) is 13.2 Å². The van der Waals surface area contributed by atoms with Crippen molar-refractivity contribution in [3.63, 3.8) is 0 Å². The summed E-state index contributed by atoms with van der Waals surface area (Å²) in [4.78, 5) is 14.9. The quantitative estimate of drug-likeness (QED) is 0.855. The normalized spacial score (nSPS) is 20.3. The van der Waals surface area contributed by atoms with Crippen LogP contribution in [-0.4, -0.2) is 43.4 Å². The molecule has 4 nitrogen and oxygen atoms in total. The van der Waals surface area contributed by atoms with Gasteiger partial charge in [0, 0.05) is 24.6 Å². The van der Waals surface area contributed by atoms with Gasteiger partial charge >= 0.3 is 0 Å². The third kappa shape index (κ3) is 2.84. The van der Waals surface area contributed by atoms with Crippen LogP contribution < -0.4 is 0 Å². The number of carbonyl (C=O) groups excluding carboxylic acids is 1. The SMILES string of the molecule is O=C(c1cccc2ccccc12)N1CCC(C2OCCO2)CC1. The molecule has 2 aromatic rings. The smallest absolute Gasteiger partial charge is 0.254 e. The highest BCUT2D eigenvalue weighted by atomic mass is 16.7. The van der Waals surface area contributed by atoms with Gasteiger partial charge in [-0.15, -0.1) is 0 Å². The predicted octanol–water partition coefficient (Wildman–Crippen LogP) is 3.06. The van der Waals surface area contributed by atoms with Gasteiger partial charge in [-0.1, -0.05) is 36.4 Å². The van der Waals surface area contributed by atoms with Crippen molar-refractivity contribution in [1.82, 2.24) is 4.90 Å². The van der Waals surface area contributed by atoms with Crippen molar-refractivity contribution in [2.45, 2.75) is 19.1 Å². The number of carbonyl (C=O) groups is 1. The second kappa shape index (κ2) is 6.30. The van der Waals surface area contributed by atoms with Crippen molar-refractivity contribution >= 4 is 16.7 Å². The fourth-order valence-electron chi connectivity index (χ4n) is 3.61. The Kier molecular flexibility index (Phi) is 4.02. The van der Waals surface area contributed by atoms with Gasteiger partial charge < -0.3 is 14.4 Å². The maximum atomic E-state index is 12.9. The van der Waals surface area contributed by atoms with Crippen LogP contribution in [0.25, 0.3) is 10.8 Å². The Hall–Kier alpha value is -1.91. The number of benzene rings is 2. The van der Waals surface area contributed by atoms with Gasteiger partial charge in [0.25, 0.3) is 5.91 Å². The number of piperidine rings is 1. The van der Waals surface area contributed by atoms with Crippen LogP contribution >= 0.6 is 0 Å². The molecule has 0 spiro atoms. The molecule has 0 saturated carbocycles. The number of hydrogen-bond acceptors (Lipinski definition) is 3. The van der Waals surface area contributed by atoms with E-state index in [1.54, 1.807) is 0 Å². The Morgan fingerprint density at radius 3 is 2.43 bits per heavy atom. The molecule has 2 aromatic carbocycles. The third-order valence-corrected chi connectivity index (χ3v) is 4.88. The summed E-state index contributed by atoms with van der Waals surface area (Å²) in [6.07, 6.45) is 1.83. The molecule has 0 bridgehead atoms. The van der Waals surface area contributed by atoms with E-state index >= 15 is 0 Å². The van der Waals surface area contributed by atoms with Gasteiger partial charge in [0.15, 0.2) is 6.29 Å². The minimum absolute atomic E-state index is 0.0650. The average molecular weight is 311 g/mol. The van der Waals surface area contributed by atoms with Crippen LogP contribution in [-0.2, 0) is 9.47 Å². The lowest BCUT2D eigenvalue weighted by molar-refractivity contribution is -0.0956. The summed E-state index contributed by atoms with van der Waals surface area (Å²) in [5.74, 6) is 0.544. The fourth-order valence-corrected chi connectivity index (χ4v) is 3.61. The third-order valence-electron chi connectivity index (χ3n) is 4.88. The van der Waals surface area contributed by atoms with E-state index in [0.717, 1.165) is 42.3 Å². The topological polar surface area (TPSA) is 38.8 Å². The molecule has 2 aliphatic rings. The molecule has 0 atom stereocenters. The van der Waals surface area contributed by atoms with Crippen molar-refractivity contribution in [2.75, 3.05) is 26.3 Å². The summed E-state index contributed by atoms with van der Waals surface area (Å²) in [6.45, 7) is 2.94. The molecule has 23 heavy (non-hydrogen) atoms. The first kappa shape index (κ1) is 14.7. The number of fused-ring (bicyclic) bond motifs is 1. The van der Waals surface area contributed by atoms with Crippen molar-refractivity contribution in [1.29, 1.82) is 0 Å². The van der Waals surface area contributed by atoms with Crippen LogP contribution in [0.15, 0.2) is 42.5 Å². The van der Waals surface area contributed by atoms with Crippen LogP contribution in [0, 0.1) is 5.92 Å². The van der Waals surface area contributed by atoms with E-state index in [2.05, 4.69) is 0 Å². The number of likely N-dealkylation sites (tertiary alicyclic amines) is 1. The van der Waals surface area contributed by atoms with Crippen LogP contribution in [0.5, 0.6) is 0 Å². The van der Waals surface area contributed by atoms with Crippen molar-refractivity contribution in [2.24, 2.45) is 5.92 Å². The van der Waals surface area contributed by atoms with Gasteiger partial charge in [0.2, 0.25) is 0 Å². The van der Waals surface area contributed by atoms with Crippen molar-refractivity contribution < 1.29 is 14.3 Å². The number of nitrogens with zero attached hydrogens (tertiary/aromatic N) is 1. The van der Waals surface area contributed by atoms with Crippen LogP contribution in [0.1, 0.15) is 23.2 Å². The van der Waals surface area contributed by atoms with E-state index in [9.17, 15) is 4.79 Å². The summed E-state index contributed by atoms with van der Waals surface area (Å²) in [5.41, 5.74) is 0.801. The Morgan fingerprint density at radius 2 is 1.65 bits per heavy atom. The van der Waals surface area contributed by atoms with E-state index in [-0.39, 0.29) is 12.2 Å². The predicted molar refractivity (Wildman–Crippen MR) is 88.3 cm³/mol. The Bertz CT molecular complexity index is 695. The highest BCUT2D eigenvalue weighted by molar-refractivity contribution is 6.07. The van der Waals surface area contributed by atoms with Crippen molar-refractivity contribution in [3.05, 3.63) is 48.0 Å². The zero-order chi connectivity index (χ0) is 15.6. The summed E-state index contributed by atoms with van der Waals surface area (Å²) in [7, 11) is 0. The zero-order valence-electron chi connectivity index (χ0n) is 13.1. The van der Waals surface area contributed by atoms with Crippen LogP contribution in [0.2, 0.25) is 0 Å². The Morgan fingerprint density at radius 1 is 0.957 bits per heavy atom. The first-order chi connectivity index (χ1) is 11.3. The molecule has 0 N–H and O–H groups in total. The number of hydrogen-bond donors (Lipinski definition) is 0. The lowest BCUT2D eigenvalue weighted by atomic mass is 9.95. The lowest BCUT2D eigenvalue weighted by Crippen LogP contribution is -2.41. The molecule has 2 heterocycles. The van der Waals surface area contributed by atoms with Gasteiger partial charge in [-0.25, -0.2) is 0 Å². The van der Waals surface area contributed by atoms with E-state index < -0.39 is 0 Å². The average Bonchev–Trinajstić information content (AvgIpc) is 3.15. The second-order valence-corrected chi connectivity index (χ2v) is 6.27. The summed E-state index contributed by atoms with van der Waals surface area (Å²) < 4.78 is 11.2. The zero-order valence-corrected chi connectivity index (χ0v) is 13.1. The van der Waals surface area contributed by atoms with Crippen LogP contribution in [0.3, 0.4) is 0 Å². The molecule has 0 radical (unpaired) electrons. The summed E-state index contributed by atoms with van der Waals surface area (Å²) in [6, 6.07) is 14.0. The van der Waals surface area contributed by atoms with Crippen molar-refractivity contribution in [3.8, 4) is 0 Å². The number of rotatable bonds is 2. The maximum Gasteiger partial charge on any atom is 0.254 e. The molecule has 120 valence electrons. The molecule has 1 amide bonds. The first-order valence-corrected chi connectivity index (χ1v) is 8.33.